The van der Waals surface area contributed by atoms with Crippen LogP contribution >= 0.6 is 0 Å². The number of para-hydroxylation sites is 3. The molecule has 11 aromatic carbocycles. The van der Waals surface area contributed by atoms with Crippen molar-refractivity contribution in [2.24, 2.45) is 0 Å². The van der Waals surface area contributed by atoms with Crippen molar-refractivity contribution >= 4 is 65.9 Å². The summed E-state index contributed by atoms with van der Waals surface area (Å²) in [5.41, 5.74) is 22.0. The van der Waals surface area contributed by atoms with E-state index in [0.717, 1.165) is 17.1 Å². The van der Waals surface area contributed by atoms with Gasteiger partial charge in [0.15, 0.2) is 0 Å². The zero-order valence-electron chi connectivity index (χ0n) is 36.5. The number of aromatic nitrogens is 1. The molecule has 2 aliphatic rings. The number of anilines is 3. The number of hydrogen-bond donors (Lipinski definition) is 0. The Morgan fingerprint density at radius 3 is 1.46 bits per heavy atom. The number of hydrogen-bond acceptors (Lipinski definition) is 1. The Kier molecular flexibility index (Phi) is 7.46. The monoisotopic (exact) mass is 848 g/mol. The van der Waals surface area contributed by atoms with E-state index in [1.165, 1.54) is 116 Å². The van der Waals surface area contributed by atoms with E-state index in [2.05, 4.69) is 252 Å². The number of pyridine rings is 1. The van der Waals surface area contributed by atoms with Crippen molar-refractivity contribution < 1.29 is 0 Å². The summed E-state index contributed by atoms with van der Waals surface area (Å²) >= 11 is 0. The fourth-order valence-electron chi connectivity index (χ4n) is 12.5. The minimum atomic E-state index is -0.450. The molecule has 0 fully saturated rings. The molecule has 0 saturated heterocycles. The molecule has 0 bridgehead atoms. The molecule has 0 radical (unpaired) electrons. The molecular weight excluding hydrogens is 809 g/mol. The van der Waals surface area contributed by atoms with E-state index in [9.17, 15) is 0 Å². The van der Waals surface area contributed by atoms with Crippen LogP contribution < -0.4 is 4.90 Å². The normalized spacial score (nSPS) is 13.2. The maximum Gasteiger partial charge on any atom is 0.0726 e. The van der Waals surface area contributed by atoms with E-state index >= 15 is 0 Å². The zero-order valence-corrected chi connectivity index (χ0v) is 36.5. The summed E-state index contributed by atoms with van der Waals surface area (Å²) in [4.78, 5) is 2.48. The molecule has 2 heteroatoms. The van der Waals surface area contributed by atoms with Crippen molar-refractivity contribution in [3.05, 3.63) is 265 Å². The maximum absolute atomic E-state index is 2.50. The van der Waals surface area contributed by atoms with Crippen LogP contribution in [0, 0.1) is 0 Å². The first kappa shape index (κ1) is 36.6. The summed E-state index contributed by atoms with van der Waals surface area (Å²) in [7, 11) is 0. The van der Waals surface area contributed by atoms with Crippen molar-refractivity contribution in [2.75, 3.05) is 4.90 Å². The highest BCUT2D eigenvalue weighted by molar-refractivity contribution is 6.31. The zero-order chi connectivity index (χ0) is 43.8. The Hall–Kier alpha value is -8.72. The Labute approximate surface area is 388 Å². The lowest BCUT2D eigenvalue weighted by Gasteiger charge is -2.32. The van der Waals surface area contributed by atoms with Crippen molar-refractivity contribution in [2.45, 2.75) is 5.41 Å². The minimum Gasteiger partial charge on any atom is -0.310 e. The van der Waals surface area contributed by atoms with Gasteiger partial charge in [0, 0.05) is 38.5 Å². The fourth-order valence-corrected chi connectivity index (χ4v) is 12.5. The fraction of sp³-hybridized carbons (Fsp3) is 0.0154. The number of fused-ring (bicyclic) bond motifs is 16. The molecule has 0 N–H and O–H groups in total. The van der Waals surface area contributed by atoms with Crippen molar-refractivity contribution in [1.82, 2.24) is 4.40 Å². The van der Waals surface area contributed by atoms with Gasteiger partial charge in [0.05, 0.1) is 27.7 Å². The van der Waals surface area contributed by atoms with Crippen LogP contribution in [0.5, 0.6) is 0 Å². The third-order valence-corrected chi connectivity index (χ3v) is 15.1. The van der Waals surface area contributed by atoms with Gasteiger partial charge < -0.3 is 9.30 Å². The van der Waals surface area contributed by atoms with Gasteiger partial charge in [-0.05, 0) is 121 Å². The average molecular weight is 849 g/mol. The van der Waals surface area contributed by atoms with E-state index in [0.29, 0.717) is 0 Å². The van der Waals surface area contributed by atoms with Crippen LogP contribution in [-0.2, 0) is 5.41 Å². The van der Waals surface area contributed by atoms with Gasteiger partial charge >= 0.3 is 0 Å². The lowest BCUT2D eigenvalue weighted by atomic mass is 9.70. The predicted octanol–water partition coefficient (Wildman–Crippen LogP) is 17.1. The Morgan fingerprint density at radius 1 is 0.299 bits per heavy atom. The van der Waals surface area contributed by atoms with Crippen molar-refractivity contribution in [1.29, 1.82) is 0 Å². The average Bonchev–Trinajstić information content (AvgIpc) is 4.01. The second kappa shape index (κ2) is 13.7. The molecule has 1 spiro atoms. The van der Waals surface area contributed by atoms with Crippen LogP contribution in [0.15, 0.2) is 243 Å². The van der Waals surface area contributed by atoms with Crippen LogP contribution in [0.1, 0.15) is 22.3 Å². The molecular formula is C65H40N2. The maximum atomic E-state index is 2.50. The SMILES string of the molecule is c1ccc(-c2ccccc2N(c2ccc(-c3cc4c5ccccc5n5c6ccccc6c6cccc3c6c45)cc2)c2ccc3c(c2)C2(c4ccccc4-c4ccccc42)c2ccccc2-3)cc1. The van der Waals surface area contributed by atoms with Crippen molar-refractivity contribution in [3.8, 4) is 44.5 Å². The molecule has 2 aromatic heterocycles. The van der Waals surface area contributed by atoms with Gasteiger partial charge in [0.25, 0.3) is 0 Å². The summed E-state index contributed by atoms with van der Waals surface area (Å²) in [6.07, 6.45) is 0. The largest absolute Gasteiger partial charge is 0.310 e. The Balaban J connectivity index is 0.965. The van der Waals surface area contributed by atoms with Gasteiger partial charge in [-0.1, -0.05) is 194 Å². The molecule has 0 atom stereocenters. The first-order valence-corrected chi connectivity index (χ1v) is 23.3. The Morgan fingerprint density at radius 2 is 0.791 bits per heavy atom. The molecule has 0 unspecified atom stereocenters. The molecule has 0 saturated carbocycles. The van der Waals surface area contributed by atoms with E-state index in [-0.39, 0.29) is 0 Å². The lowest BCUT2D eigenvalue weighted by Crippen LogP contribution is -2.26. The van der Waals surface area contributed by atoms with Gasteiger partial charge in [-0.3, -0.25) is 0 Å². The highest BCUT2D eigenvalue weighted by Gasteiger charge is 2.51. The molecule has 13 aromatic rings. The molecule has 0 amide bonds. The summed E-state index contributed by atoms with van der Waals surface area (Å²) in [5, 5.41) is 7.70. The molecule has 2 heterocycles. The van der Waals surface area contributed by atoms with E-state index in [4.69, 9.17) is 0 Å². The molecule has 0 aliphatic heterocycles. The van der Waals surface area contributed by atoms with Crippen LogP contribution in [-0.4, -0.2) is 4.40 Å². The highest BCUT2D eigenvalue weighted by atomic mass is 15.1. The third kappa shape index (κ3) is 4.83. The van der Waals surface area contributed by atoms with Gasteiger partial charge in [-0.25, -0.2) is 0 Å². The standard InChI is InChI=1S/C65H40N2/c1-2-17-41(18-3-1)45-19-7-13-30-60(45)66(44-37-38-49-48-22-6-12-29-58(48)65(59(49)39-44)56-27-10-4-20-46(56)47-21-5-11-28-57(47)65)43-35-33-42(34-36-43)54-40-55-51-24-9-15-32-62(51)67-61-31-14-8-23-50(61)52-25-16-26-53(54)63(52)64(55)67/h1-40H. The third-order valence-electron chi connectivity index (χ3n) is 15.1. The summed E-state index contributed by atoms with van der Waals surface area (Å²) in [5.74, 6) is 0. The first-order valence-electron chi connectivity index (χ1n) is 23.3. The first-order chi connectivity index (χ1) is 33.3. The van der Waals surface area contributed by atoms with Gasteiger partial charge in [-0.2, -0.15) is 0 Å². The number of rotatable bonds is 5. The van der Waals surface area contributed by atoms with E-state index < -0.39 is 5.41 Å². The number of benzene rings is 11. The molecule has 2 nitrogen and oxygen atoms in total. The summed E-state index contributed by atoms with van der Waals surface area (Å²) in [6, 6.07) is 90.5. The topological polar surface area (TPSA) is 7.65 Å². The quantitative estimate of drug-likeness (QED) is 0.124. The van der Waals surface area contributed by atoms with E-state index in [1.54, 1.807) is 0 Å². The predicted molar refractivity (Wildman–Crippen MR) is 280 cm³/mol. The van der Waals surface area contributed by atoms with Gasteiger partial charge in [-0.15, -0.1) is 0 Å². The summed E-state index contributed by atoms with van der Waals surface area (Å²) in [6.45, 7) is 0. The lowest BCUT2D eigenvalue weighted by molar-refractivity contribution is 0.793. The molecule has 67 heavy (non-hydrogen) atoms. The van der Waals surface area contributed by atoms with Crippen molar-refractivity contribution in [3.63, 3.8) is 0 Å². The second-order valence-electron chi connectivity index (χ2n) is 18.3. The van der Waals surface area contributed by atoms with Crippen LogP contribution in [0.25, 0.3) is 93.4 Å². The van der Waals surface area contributed by atoms with E-state index in [1.807, 2.05) is 0 Å². The minimum absolute atomic E-state index is 0.450. The smallest absolute Gasteiger partial charge is 0.0726 e. The highest BCUT2D eigenvalue weighted by Crippen LogP contribution is 2.63. The van der Waals surface area contributed by atoms with Crippen LogP contribution in [0.4, 0.5) is 17.1 Å². The van der Waals surface area contributed by atoms with Gasteiger partial charge in [0.2, 0.25) is 0 Å². The van der Waals surface area contributed by atoms with Crippen LogP contribution in [0.2, 0.25) is 0 Å². The van der Waals surface area contributed by atoms with Gasteiger partial charge in [0.1, 0.15) is 0 Å². The molecule has 2 aliphatic carbocycles. The number of nitrogens with zero attached hydrogens (tertiary/aromatic N) is 2. The Bertz CT molecular complexity index is 4090. The summed E-state index contributed by atoms with van der Waals surface area (Å²) < 4.78 is 2.49. The molecule has 310 valence electrons. The second-order valence-corrected chi connectivity index (χ2v) is 18.3. The molecule has 15 rings (SSSR count). The van der Waals surface area contributed by atoms with Crippen LogP contribution in [0.3, 0.4) is 0 Å².